The number of ether oxygens (including phenoxy) is 1. The van der Waals surface area contributed by atoms with Crippen molar-refractivity contribution in [1.82, 2.24) is 0 Å². The van der Waals surface area contributed by atoms with E-state index in [1.807, 2.05) is 0 Å². The van der Waals surface area contributed by atoms with Gasteiger partial charge in [0.2, 0.25) is 0 Å². The Morgan fingerprint density at radius 3 is 2.45 bits per heavy atom. The fourth-order valence-electron chi connectivity index (χ4n) is 1.44. The highest BCUT2D eigenvalue weighted by Gasteiger charge is 2.34. The fourth-order valence-corrected chi connectivity index (χ4v) is 1.44. The molecular formula is C13H17F2NO4. The van der Waals surface area contributed by atoms with E-state index >= 15 is 0 Å². The minimum atomic E-state index is -3.59. The van der Waals surface area contributed by atoms with Gasteiger partial charge >= 0.3 is 6.09 Å². The summed E-state index contributed by atoms with van der Waals surface area (Å²) in [5.41, 5.74) is -1.71. The first-order valence-electron chi connectivity index (χ1n) is 5.87. The molecule has 0 radical (unpaired) electrons. The van der Waals surface area contributed by atoms with Gasteiger partial charge < -0.3 is 14.9 Å². The zero-order valence-corrected chi connectivity index (χ0v) is 11.4. The van der Waals surface area contributed by atoms with Crippen molar-refractivity contribution in [2.45, 2.75) is 32.3 Å². The average molecular weight is 289 g/mol. The number of carbonyl (C=O) groups excluding carboxylic acids is 1. The average Bonchev–Trinajstić information content (AvgIpc) is 2.29. The van der Waals surface area contributed by atoms with Crippen LogP contribution >= 0.6 is 0 Å². The summed E-state index contributed by atoms with van der Waals surface area (Å²) in [6.07, 6.45) is -0.904. The number of amides is 1. The molecule has 0 spiro atoms. The Morgan fingerprint density at radius 1 is 1.35 bits per heavy atom. The van der Waals surface area contributed by atoms with Crippen LogP contribution in [0.15, 0.2) is 18.2 Å². The van der Waals surface area contributed by atoms with Crippen molar-refractivity contribution in [2.24, 2.45) is 0 Å². The largest absolute Gasteiger partial charge is 0.508 e. The van der Waals surface area contributed by atoms with Crippen molar-refractivity contribution < 1.29 is 28.5 Å². The second kappa shape index (κ2) is 5.62. The van der Waals surface area contributed by atoms with E-state index < -0.39 is 35.5 Å². The molecule has 0 saturated heterocycles. The molecule has 7 heteroatoms. The number of aromatic hydroxyl groups is 1. The van der Waals surface area contributed by atoms with Crippen molar-refractivity contribution >= 4 is 11.8 Å². The SMILES string of the molecule is CC(C)(C)OC(=O)Nc1ccc(O)cc1C(F)(F)CO. The molecule has 0 fully saturated rings. The van der Waals surface area contributed by atoms with Crippen molar-refractivity contribution in [1.29, 1.82) is 0 Å². The van der Waals surface area contributed by atoms with E-state index in [0.29, 0.717) is 0 Å². The van der Waals surface area contributed by atoms with Crippen LogP contribution < -0.4 is 5.32 Å². The second-order valence-corrected chi connectivity index (χ2v) is 5.22. The van der Waals surface area contributed by atoms with E-state index in [4.69, 9.17) is 9.84 Å². The molecule has 0 aliphatic heterocycles. The number of alkyl halides is 2. The van der Waals surface area contributed by atoms with Crippen LogP contribution in [0.1, 0.15) is 26.3 Å². The fraction of sp³-hybridized carbons (Fsp3) is 0.462. The molecule has 1 rings (SSSR count). The Kier molecular flexibility index (Phi) is 4.54. The van der Waals surface area contributed by atoms with Crippen molar-refractivity contribution in [2.75, 3.05) is 11.9 Å². The Bertz CT molecular complexity index is 498. The summed E-state index contributed by atoms with van der Waals surface area (Å²) in [7, 11) is 0. The topological polar surface area (TPSA) is 78.8 Å². The Hall–Kier alpha value is -1.89. The summed E-state index contributed by atoms with van der Waals surface area (Å²) in [4.78, 5) is 11.6. The van der Waals surface area contributed by atoms with Crippen LogP contribution in [0.5, 0.6) is 5.75 Å². The maximum atomic E-state index is 13.6. The van der Waals surface area contributed by atoms with Crippen LogP contribution in [0.3, 0.4) is 0 Å². The van der Waals surface area contributed by atoms with E-state index in [1.54, 1.807) is 20.8 Å². The van der Waals surface area contributed by atoms with Crippen LogP contribution in [0, 0.1) is 0 Å². The molecule has 112 valence electrons. The zero-order chi connectivity index (χ0) is 15.6. The standard InChI is InChI=1S/C13H17F2NO4/c1-12(2,3)20-11(19)16-10-5-4-8(18)6-9(10)13(14,15)7-17/h4-6,17-18H,7H2,1-3H3,(H,16,19). The lowest BCUT2D eigenvalue weighted by atomic mass is 10.1. The highest BCUT2D eigenvalue weighted by atomic mass is 19.3. The van der Waals surface area contributed by atoms with Gasteiger partial charge in [0.25, 0.3) is 5.92 Å². The number of rotatable bonds is 3. The number of halogens is 2. The number of carbonyl (C=O) groups is 1. The second-order valence-electron chi connectivity index (χ2n) is 5.22. The molecule has 0 atom stereocenters. The Labute approximate surface area is 115 Å². The minimum Gasteiger partial charge on any atom is -0.508 e. The summed E-state index contributed by atoms with van der Waals surface area (Å²) >= 11 is 0. The maximum absolute atomic E-state index is 13.6. The molecule has 0 aliphatic carbocycles. The third-order valence-electron chi connectivity index (χ3n) is 2.23. The van der Waals surface area contributed by atoms with Gasteiger partial charge in [-0.1, -0.05) is 0 Å². The number of benzene rings is 1. The Morgan fingerprint density at radius 2 is 1.95 bits per heavy atom. The molecule has 0 unspecified atom stereocenters. The van der Waals surface area contributed by atoms with Gasteiger partial charge in [0.05, 0.1) is 11.3 Å². The van der Waals surface area contributed by atoms with Gasteiger partial charge in [-0.25, -0.2) is 4.79 Å². The number of hydrogen-bond donors (Lipinski definition) is 3. The zero-order valence-electron chi connectivity index (χ0n) is 11.4. The molecule has 20 heavy (non-hydrogen) atoms. The molecule has 0 aromatic heterocycles. The lowest BCUT2D eigenvalue weighted by Crippen LogP contribution is -2.28. The molecule has 5 nitrogen and oxygen atoms in total. The van der Waals surface area contributed by atoms with Gasteiger partial charge in [-0.3, -0.25) is 5.32 Å². The number of nitrogens with one attached hydrogen (secondary N) is 1. The smallest absolute Gasteiger partial charge is 0.412 e. The first-order valence-corrected chi connectivity index (χ1v) is 5.87. The van der Waals surface area contributed by atoms with Crippen LogP contribution in [-0.2, 0) is 10.7 Å². The predicted octanol–water partition coefficient (Wildman–Crippen LogP) is 2.82. The van der Waals surface area contributed by atoms with E-state index in [9.17, 15) is 18.7 Å². The molecule has 1 aromatic rings. The van der Waals surface area contributed by atoms with Crippen molar-refractivity contribution in [3.05, 3.63) is 23.8 Å². The highest BCUT2D eigenvalue weighted by Crippen LogP contribution is 2.35. The Balaban J connectivity index is 3.04. The summed E-state index contributed by atoms with van der Waals surface area (Å²) in [6, 6.07) is 3.03. The number of phenolic OH excluding ortho intramolecular Hbond substituents is 1. The van der Waals surface area contributed by atoms with E-state index in [2.05, 4.69) is 5.32 Å². The van der Waals surface area contributed by atoms with Crippen LogP contribution in [-0.4, -0.2) is 28.5 Å². The van der Waals surface area contributed by atoms with Crippen LogP contribution in [0.2, 0.25) is 0 Å². The van der Waals surface area contributed by atoms with Crippen molar-refractivity contribution in [3.8, 4) is 5.75 Å². The molecule has 3 N–H and O–H groups in total. The number of aliphatic hydroxyl groups excluding tert-OH is 1. The number of hydrogen-bond acceptors (Lipinski definition) is 4. The van der Waals surface area contributed by atoms with Gasteiger partial charge in [0, 0.05) is 0 Å². The lowest BCUT2D eigenvalue weighted by Gasteiger charge is -2.22. The normalized spacial score (nSPS) is 12.1. The first kappa shape index (κ1) is 16.2. The van der Waals surface area contributed by atoms with Crippen LogP contribution in [0.4, 0.5) is 19.3 Å². The molecule has 0 heterocycles. The minimum absolute atomic E-state index is 0.240. The third kappa shape index (κ3) is 4.34. The summed E-state index contributed by atoms with van der Waals surface area (Å²) in [5.74, 6) is -3.99. The summed E-state index contributed by atoms with van der Waals surface area (Å²) < 4.78 is 32.1. The molecule has 1 amide bonds. The molecular weight excluding hydrogens is 272 g/mol. The predicted molar refractivity (Wildman–Crippen MR) is 68.9 cm³/mol. The number of phenols is 1. The molecule has 1 aromatic carbocycles. The lowest BCUT2D eigenvalue weighted by molar-refractivity contribution is -0.0551. The van der Waals surface area contributed by atoms with Gasteiger partial charge in [0.15, 0.2) is 0 Å². The van der Waals surface area contributed by atoms with Gasteiger partial charge in [-0.2, -0.15) is 8.78 Å². The summed E-state index contributed by atoms with van der Waals surface area (Å²) in [6.45, 7) is 3.45. The van der Waals surface area contributed by atoms with E-state index in [1.165, 1.54) is 0 Å². The maximum Gasteiger partial charge on any atom is 0.412 e. The first-order chi connectivity index (χ1) is 9.05. The molecule has 0 saturated carbocycles. The molecule has 0 aliphatic rings. The van der Waals surface area contributed by atoms with Gasteiger partial charge in [0.1, 0.15) is 18.0 Å². The third-order valence-corrected chi connectivity index (χ3v) is 2.23. The number of aliphatic hydroxyl groups is 1. The van der Waals surface area contributed by atoms with Gasteiger partial charge in [-0.05, 0) is 39.0 Å². The van der Waals surface area contributed by atoms with Crippen molar-refractivity contribution in [3.63, 3.8) is 0 Å². The monoisotopic (exact) mass is 289 g/mol. The quantitative estimate of drug-likeness (QED) is 0.748. The van der Waals surface area contributed by atoms with E-state index in [0.717, 1.165) is 18.2 Å². The van der Waals surface area contributed by atoms with Gasteiger partial charge in [-0.15, -0.1) is 0 Å². The number of anilines is 1. The summed E-state index contributed by atoms with van der Waals surface area (Å²) in [5, 5.41) is 20.1. The van der Waals surface area contributed by atoms with E-state index in [-0.39, 0.29) is 5.69 Å². The molecule has 0 bridgehead atoms. The highest BCUT2D eigenvalue weighted by molar-refractivity contribution is 5.86. The van der Waals surface area contributed by atoms with Crippen LogP contribution in [0.25, 0.3) is 0 Å².